The van der Waals surface area contributed by atoms with E-state index in [9.17, 15) is 4.79 Å². The standard InChI is InChI=1S/C11H21N3OS/c1-11(2)6-8-16-10(14-11)13-7-4-3-5-9(12)15/h3-8H2,1-2H3,(H2,12,15)(H,13,14). The topological polar surface area (TPSA) is 67.5 Å². The van der Waals surface area contributed by atoms with Crippen LogP contribution in [-0.2, 0) is 4.79 Å². The zero-order chi connectivity index (χ0) is 12.0. The third-order valence-electron chi connectivity index (χ3n) is 2.50. The van der Waals surface area contributed by atoms with Crippen molar-refractivity contribution in [2.24, 2.45) is 10.7 Å². The first-order valence-corrected chi connectivity index (χ1v) is 6.72. The largest absolute Gasteiger partial charge is 0.370 e. The van der Waals surface area contributed by atoms with Crippen molar-refractivity contribution in [3.8, 4) is 0 Å². The van der Waals surface area contributed by atoms with Crippen LogP contribution in [0.3, 0.4) is 0 Å². The molecule has 4 nitrogen and oxygen atoms in total. The number of nitrogens with two attached hydrogens (primary N) is 1. The number of primary amides is 1. The summed E-state index contributed by atoms with van der Waals surface area (Å²) in [5.41, 5.74) is 5.23. The van der Waals surface area contributed by atoms with Crippen LogP contribution in [0.2, 0.25) is 0 Å². The second-order valence-electron chi connectivity index (χ2n) is 4.72. The fourth-order valence-corrected chi connectivity index (χ4v) is 2.80. The molecule has 1 saturated heterocycles. The predicted octanol–water partition coefficient (Wildman–Crippen LogP) is 1.50. The summed E-state index contributed by atoms with van der Waals surface area (Å²) in [6.07, 6.45) is 3.39. The van der Waals surface area contributed by atoms with Gasteiger partial charge in [0.1, 0.15) is 0 Å². The third kappa shape index (κ3) is 5.39. The molecule has 1 heterocycles. The number of rotatable bonds is 5. The molecule has 0 aromatic heterocycles. The highest BCUT2D eigenvalue weighted by Gasteiger charge is 2.23. The van der Waals surface area contributed by atoms with Gasteiger partial charge in [-0.05, 0) is 33.1 Å². The van der Waals surface area contributed by atoms with Crippen LogP contribution < -0.4 is 11.1 Å². The Kier molecular flexibility index (Phi) is 5.12. The number of hydrogen-bond donors (Lipinski definition) is 2. The molecule has 1 fully saturated rings. The van der Waals surface area contributed by atoms with Crippen LogP contribution in [0.25, 0.3) is 0 Å². The van der Waals surface area contributed by atoms with E-state index in [0.29, 0.717) is 6.42 Å². The molecule has 0 saturated carbocycles. The summed E-state index contributed by atoms with van der Waals surface area (Å²) in [5, 5.41) is 4.45. The quantitative estimate of drug-likeness (QED) is 0.719. The van der Waals surface area contributed by atoms with Gasteiger partial charge in [0, 0.05) is 24.3 Å². The van der Waals surface area contributed by atoms with Gasteiger partial charge in [0.15, 0.2) is 5.17 Å². The normalized spacial score (nSPS) is 21.8. The van der Waals surface area contributed by atoms with Crippen LogP contribution in [0.1, 0.15) is 39.5 Å². The van der Waals surface area contributed by atoms with E-state index in [2.05, 4.69) is 24.2 Å². The van der Waals surface area contributed by atoms with E-state index in [1.165, 1.54) is 6.42 Å². The molecule has 16 heavy (non-hydrogen) atoms. The minimum absolute atomic E-state index is 0.164. The van der Waals surface area contributed by atoms with Crippen molar-refractivity contribution in [1.29, 1.82) is 0 Å². The van der Waals surface area contributed by atoms with E-state index in [1.54, 1.807) is 11.8 Å². The lowest BCUT2D eigenvalue weighted by Gasteiger charge is -2.32. The van der Waals surface area contributed by atoms with Crippen molar-refractivity contribution < 1.29 is 4.79 Å². The molecule has 0 aliphatic carbocycles. The van der Waals surface area contributed by atoms with Gasteiger partial charge in [-0.15, -0.1) is 0 Å². The van der Waals surface area contributed by atoms with E-state index in [4.69, 9.17) is 5.73 Å². The van der Waals surface area contributed by atoms with Crippen LogP contribution in [0.5, 0.6) is 0 Å². The SMILES string of the molecule is CC1(C)CCSC(=NCCCCC(N)=O)N1. The van der Waals surface area contributed by atoms with Crippen LogP contribution >= 0.6 is 11.8 Å². The molecule has 0 bridgehead atoms. The van der Waals surface area contributed by atoms with Crippen molar-refractivity contribution in [2.45, 2.75) is 45.1 Å². The van der Waals surface area contributed by atoms with E-state index in [0.717, 1.165) is 30.3 Å². The highest BCUT2D eigenvalue weighted by Crippen LogP contribution is 2.21. The average Bonchev–Trinajstić information content (AvgIpc) is 2.15. The van der Waals surface area contributed by atoms with Crippen LogP contribution in [0, 0.1) is 0 Å². The second-order valence-corrected chi connectivity index (χ2v) is 5.80. The lowest BCUT2D eigenvalue weighted by Crippen LogP contribution is -2.46. The molecule has 0 atom stereocenters. The molecule has 0 aromatic carbocycles. The van der Waals surface area contributed by atoms with E-state index < -0.39 is 0 Å². The van der Waals surface area contributed by atoms with Gasteiger partial charge >= 0.3 is 0 Å². The molecule has 1 rings (SSSR count). The average molecular weight is 243 g/mol. The number of nitrogens with zero attached hydrogens (tertiary/aromatic N) is 1. The van der Waals surface area contributed by atoms with Gasteiger partial charge in [0.05, 0.1) is 0 Å². The summed E-state index contributed by atoms with van der Waals surface area (Å²) in [7, 11) is 0. The number of carbonyl (C=O) groups excluding carboxylic acids is 1. The Bertz CT molecular complexity index is 276. The van der Waals surface area contributed by atoms with Gasteiger partial charge in [0.25, 0.3) is 0 Å². The van der Waals surface area contributed by atoms with Gasteiger partial charge in [-0.2, -0.15) is 0 Å². The number of nitrogens with one attached hydrogen (secondary N) is 1. The number of carbonyl (C=O) groups is 1. The summed E-state index contributed by atoms with van der Waals surface area (Å²) in [6, 6.07) is 0. The van der Waals surface area contributed by atoms with Gasteiger partial charge in [0.2, 0.25) is 5.91 Å². The highest BCUT2D eigenvalue weighted by molar-refractivity contribution is 8.13. The number of hydrogen-bond acceptors (Lipinski definition) is 3. The third-order valence-corrected chi connectivity index (χ3v) is 3.41. The fourth-order valence-electron chi connectivity index (χ4n) is 1.47. The molecule has 0 spiro atoms. The van der Waals surface area contributed by atoms with Crippen molar-refractivity contribution in [3.05, 3.63) is 0 Å². The van der Waals surface area contributed by atoms with E-state index in [1.807, 2.05) is 0 Å². The first-order valence-electron chi connectivity index (χ1n) is 5.73. The minimum atomic E-state index is -0.223. The first-order chi connectivity index (χ1) is 7.49. The molecule has 1 aliphatic rings. The van der Waals surface area contributed by atoms with E-state index >= 15 is 0 Å². The molecule has 0 radical (unpaired) electrons. The monoisotopic (exact) mass is 243 g/mol. The molecule has 5 heteroatoms. The summed E-state index contributed by atoms with van der Waals surface area (Å²) < 4.78 is 0. The van der Waals surface area contributed by atoms with Gasteiger partial charge in [-0.25, -0.2) is 0 Å². The molecule has 92 valence electrons. The Morgan fingerprint density at radius 1 is 1.56 bits per heavy atom. The first kappa shape index (κ1) is 13.4. The van der Waals surface area contributed by atoms with Crippen LogP contribution in [0.15, 0.2) is 4.99 Å². The summed E-state index contributed by atoms with van der Waals surface area (Å²) in [6.45, 7) is 5.16. The molecule has 1 aliphatic heterocycles. The van der Waals surface area contributed by atoms with Crippen LogP contribution in [0.4, 0.5) is 0 Å². The molecular formula is C11H21N3OS. The lowest BCUT2D eigenvalue weighted by molar-refractivity contribution is -0.118. The van der Waals surface area contributed by atoms with Crippen molar-refractivity contribution in [2.75, 3.05) is 12.3 Å². The van der Waals surface area contributed by atoms with Crippen molar-refractivity contribution in [3.63, 3.8) is 0 Å². The van der Waals surface area contributed by atoms with Gasteiger partial charge < -0.3 is 11.1 Å². The van der Waals surface area contributed by atoms with Gasteiger partial charge in [-0.1, -0.05) is 11.8 Å². The summed E-state index contributed by atoms with van der Waals surface area (Å²) in [4.78, 5) is 15.0. The summed E-state index contributed by atoms with van der Waals surface area (Å²) >= 11 is 1.78. The second kappa shape index (κ2) is 6.13. The zero-order valence-electron chi connectivity index (χ0n) is 10.1. The Hall–Kier alpha value is -0.710. The number of amides is 1. The Morgan fingerprint density at radius 2 is 2.31 bits per heavy atom. The Balaban J connectivity index is 2.21. The molecule has 3 N–H and O–H groups in total. The number of amidine groups is 1. The highest BCUT2D eigenvalue weighted by atomic mass is 32.2. The predicted molar refractivity (Wildman–Crippen MR) is 69.6 cm³/mol. The maximum Gasteiger partial charge on any atom is 0.217 e. The van der Waals surface area contributed by atoms with E-state index in [-0.39, 0.29) is 11.4 Å². The molecule has 0 aromatic rings. The summed E-state index contributed by atoms with van der Waals surface area (Å²) in [5.74, 6) is 0.902. The lowest BCUT2D eigenvalue weighted by atomic mass is 10.0. The van der Waals surface area contributed by atoms with Crippen molar-refractivity contribution >= 4 is 22.8 Å². The van der Waals surface area contributed by atoms with Crippen LogP contribution in [-0.4, -0.2) is 28.9 Å². The van der Waals surface area contributed by atoms with Gasteiger partial charge in [-0.3, -0.25) is 9.79 Å². The minimum Gasteiger partial charge on any atom is -0.370 e. The fraction of sp³-hybridized carbons (Fsp3) is 0.818. The number of unbranched alkanes of at least 4 members (excludes halogenated alkanes) is 1. The Morgan fingerprint density at radius 3 is 2.94 bits per heavy atom. The smallest absolute Gasteiger partial charge is 0.217 e. The molecular weight excluding hydrogens is 222 g/mol. The Labute approximate surface area is 101 Å². The maximum absolute atomic E-state index is 10.5. The van der Waals surface area contributed by atoms with Crippen molar-refractivity contribution in [1.82, 2.24) is 5.32 Å². The maximum atomic E-state index is 10.5. The number of thioether (sulfide) groups is 1. The number of aliphatic imine (C=N–C) groups is 1. The molecule has 0 unspecified atom stereocenters. The zero-order valence-corrected chi connectivity index (χ0v) is 10.9. The molecule has 1 amide bonds.